The highest BCUT2D eigenvalue weighted by molar-refractivity contribution is 5.83. The molecule has 8 heteroatoms. The van der Waals surface area contributed by atoms with E-state index in [9.17, 15) is 14.4 Å². The van der Waals surface area contributed by atoms with Crippen LogP contribution >= 0.6 is 0 Å². The number of piperidine rings is 1. The van der Waals surface area contributed by atoms with Crippen molar-refractivity contribution in [1.82, 2.24) is 14.5 Å². The van der Waals surface area contributed by atoms with Crippen molar-refractivity contribution in [2.75, 3.05) is 30.8 Å². The molecule has 2 atom stereocenters. The SMILES string of the molecule is CN(CC(=O)N1CCCC2CCCCC21)c1c(N)n(Cc2ccccc2)c(=O)[nH]c1=O. The summed E-state index contributed by atoms with van der Waals surface area (Å²) in [7, 11) is 1.68. The maximum absolute atomic E-state index is 13.2. The molecule has 1 aromatic heterocycles. The Morgan fingerprint density at radius 2 is 1.84 bits per heavy atom. The normalized spacial score (nSPS) is 20.9. The van der Waals surface area contributed by atoms with Crippen molar-refractivity contribution >= 4 is 17.4 Å². The molecule has 2 aliphatic rings. The molecule has 1 aromatic carbocycles. The predicted molar refractivity (Wildman–Crippen MR) is 121 cm³/mol. The zero-order valence-corrected chi connectivity index (χ0v) is 18.0. The van der Waals surface area contributed by atoms with Gasteiger partial charge in [-0.2, -0.15) is 0 Å². The number of hydrogen-bond donors (Lipinski definition) is 2. The van der Waals surface area contributed by atoms with Crippen molar-refractivity contribution in [3.05, 3.63) is 56.7 Å². The van der Waals surface area contributed by atoms with Crippen LogP contribution in [0, 0.1) is 5.92 Å². The largest absolute Gasteiger partial charge is 0.383 e. The number of aromatic amines is 1. The molecule has 0 bridgehead atoms. The molecule has 2 unspecified atom stereocenters. The van der Waals surface area contributed by atoms with E-state index in [0.717, 1.165) is 31.4 Å². The molecule has 4 rings (SSSR count). The Morgan fingerprint density at radius 3 is 2.61 bits per heavy atom. The number of carbonyl (C=O) groups excluding carboxylic acids is 1. The van der Waals surface area contributed by atoms with Gasteiger partial charge in [-0.15, -0.1) is 0 Å². The van der Waals surface area contributed by atoms with Crippen LogP contribution in [0.2, 0.25) is 0 Å². The van der Waals surface area contributed by atoms with Crippen molar-refractivity contribution in [2.24, 2.45) is 5.92 Å². The molecule has 0 spiro atoms. The minimum atomic E-state index is -0.573. The highest BCUT2D eigenvalue weighted by atomic mass is 16.2. The van der Waals surface area contributed by atoms with Crippen molar-refractivity contribution in [3.8, 4) is 0 Å². The van der Waals surface area contributed by atoms with Crippen LogP contribution in [0.3, 0.4) is 0 Å². The van der Waals surface area contributed by atoms with E-state index < -0.39 is 11.2 Å². The van der Waals surface area contributed by atoms with Gasteiger partial charge in [-0.25, -0.2) is 4.79 Å². The minimum Gasteiger partial charge on any atom is -0.383 e. The summed E-state index contributed by atoms with van der Waals surface area (Å²) in [5.74, 6) is 0.679. The first-order chi connectivity index (χ1) is 15.0. The third-order valence-corrected chi connectivity index (χ3v) is 6.72. The number of amides is 1. The molecular weight excluding hydrogens is 394 g/mol. The first-order valence-corrected chi connectivity index (χ1v) is 11.1. The van der Waals surface area contributed by atoms with Gasteiger partial charge in [0.15, 0.2) is 0 Å². The van der Waals surface area contributed by atoms with Gasteiger partial charge in [0.05, 0.1) is 13.1 Å². The number of likely N-dealkylation sites (tertiary alicyclic amines) is 1. The van der Waals surface area contributed by atoms with Crippen LogP contribution in [0.15, 0.2) is 39.9 Å². The number of likely N-dealkylation sites (N-methyl/N-ethyl adjacent to an activating group) is 1. The van der Waals surface area contributed by atoms with E-state index >= 15 is 0 Å². The first-order valence-electron chi connectivity index (χ1n) is 11.1. The van der Waals surface area contributed by atoms with Gasteiger partial charge in [0.1, 0.15) is 11.5 Å². The minimum absolute atomic E-state index is 0.0127. The lowest BCUT2D eigenvalue weighted by atomic mass is 9.78. The second kappa shape index (κ2) is 8.99. The maximum Gasteiger partial charge on any atom is 0.330 e. The monoisotopic (exact) mass is 425 g/mol. The Morgan fingerprint density at radius 1 is 1.13 bits per heavy atom. The second-order valence-corrected chi connectivity index (χ2v) is 8.76. The number of nitrogens with two attached hydrogens (primary N) is 1. The highest BCUT2D eigenvalue weighted by Crippen LogP contribution is 2.35. The summed E-state index contributed by atoms with van der Waals surface area (Å²) >= 11 is 0. The van der Waals surface area contributed by atoms with E-state index in [-0.39, 0.29) is 30.5 Å². The van der Waals surface area contributed by atoms with E-state index in [1.165, 1.54) is 23.8 Å². The summed E-state index contributed by atoms with van der Waals surface area (Å²) in [6, 6.07) is 9.74. The standard InChI is InChI=1S/C23H31N5O3/c1-26(15-19(29)27-13-7-11-17-10-5-6-12-18(17)27)20-21(24)28(23(31)25-22(20)30)14-16-8-3-2-4-9-16/h2-4,8-9,17-18H,5-7,10-15,24H2,1H3,(H,25,30,31). The molecule has 0 radical (unpaired) electrons. The number of anilines is 2. The molecule has 1 aliphatic carbocycles. The Kier molecular flexibility index (Phi) is 6.15. The van der Waals surface area contributed by atoms with Crippen molar-refractivity contribution in [1.29, 1.82) is 0 Å². The van der Waals surface area contributed by atoms with Gasteiger partial charge < -0.3 is 15.5 Å². The Hall–Kier alpha value is -3.03. The van der Waals surface area contributed by atoms with E-state index in [2.05, 4.69) is 4.98 Å². The number of nitrogen functional groups attached to an aromatic ring is 1. The van der Waals surface area contributed by atoms with Crippen LogP contribution in [-0.4, -0.2) is 46.5 Å². The molecule has 8 nitrogen and oxygen atoms in total. The lowest BCUT2D eigenvalue weighted by Crippen LogP contribution is -2.52. The van der Waals surface area contributed by atoms with E-state index in [1.54, 1.807) is 11.9 Å². The van der Waals surface area contributed by atoms with Crippen molar-refractivity contribution in [2.45, 2.75) is 51.1 Å². The molecule has 3 N–H and O–H groups in total. The summed E-state index contributed by atoms with van der Waals surface area (Å²) in [6.07, 6.45) is 6.89. The lowest BCUT2D eigenvalue weighted by Gasteiger charge is -2.44. The lowest BCUT2D eigenvalue weighted by molar-refractivity contribution is -0.135. The Labute approximate surface area is 181 Å². The zero-order valence-electron chi connectivity index (χ0n) is 18.0. The van der Waals surface area contributed by atoms with Gasteiger partial charge in [-0.1, -0.05) is 43.2 Å². The summed E-state index contributed by atoms with van der Waals surface area (Å²) in [5.41, 5.74) is 6.19. The Balaban J connectivity index is 1.56. The topological polar surface area (TPSA) is 104 Å². The number of carbonyl (C=O) groups is 1. The van der Waals surface area contributed by atoms with Crippen LogP contribution < -0.4 is 21.9 Å². The molecule has 31 heavy (non-hydrogen) atoms. The third-order valence-electron chi connectivity index (χ3n) is 6.72. The molecule has 2 aromatic rings. The number of hydrogen-bond acceptors (Lipinski definition) is 5. The molecule has 2 fully saturated rings. The van der Waals surface area contributed by atoms with Gasteiger partial charge >= 0.3 is 5.69 Å². The van der Waals surface area contributed by atoms with Gasteiger partial charge in [0.2, 0.25) is 5.91 Å². The summed E-state index contributed by atoms with van der Waals surface area (Å²) in [6.45, 7) is 1.07. The number of aromatic nitrogens is 2. The van der Waals surface area contributed by atoms with Crippen LogP contribution in [0.25, 0.3) is 0 Å². The van der Waals surface area contributed by atoms with E-state index in [1.807, 2.05) is 35.2 Å². The van der Waals surface area contributed by atoms with E-state index in [0.29, 0.717) is 12.0 Å². The number of nitrogens with one attached hydrogen (secondary N) is 1. The van der Waals surface area contributed by atoms with Gasteiger partial charge in [0, 0.05) is 19.6 Å². The summed E-state index contributed by atoms with van der Waals surface area (Å²) in [5, 5.41) is 0. The molecule has 1 amide bonds. The average Bonchev–Trinajstić information content (AvgIpc) is 2.76. The zero-order chi connectivity index (χ0) is 22.0. The third kappa shape index (κ3) is 4.38. The molecule has 1 saturated carbocycles. The fraction of sp³-hybridized carbons (Fsp3) is 0.522. The fourth-order valence-corrected chi connectivity index (χ4v) is 5.18. The smallest absolute Gasteiger partial charge is 0.330 e. The molecule has 1 aliphatic heterocycles. The quantitative estimate of drug-likeness (QED) is 0.760. The number of nitrogens with zero attached hydrogens (tertiary/aromatic N) is 3. The summed E-state index contributed by atoms with van der Waals surface area (Å²) < 4.78 is 1.34. The second-order valence-electron chi connectivity index (χ2n) is 8.76. The van der Waals surface area contributed by atoms with E-state index in [4.69, 9.17) is 5.73 Å². The van der Waals surface area contributed by atoms with Gasteiger partial charge in [-0.3, -0.25) is 19.1 Å². The van der Waals surface area contributed by atoms with Crippen LogP contribution in [0.5, 0.6) is 0 Å². The van der Waals surface area contributed by atoms with Crippen LogP contribution in [0.4, 0.5) is 11.5 Å². The Bertz CT molecular complexity index is 1040. The van der Waals surface area contributed by atoms with Crippen LogP contribution in [-0.2, 0) is 11.3 Å². The number of H-pyrrole nitrogens is 1. The molecule has 2 heterocycles. The highest BCUT2D eigenvalue weighted by Gasteiger charge is 2.36. The first kappa shape index (κ1) is 21.2. The van der Waals surface area contributed by atoms with Gasteiger partial charge in [0.25, 0.3) is 5.56 Å². The van der Waals surface area contributed by atoms with Crippen LogP contribution in [0.1, 0.15) is 44.1 Å². The molecular formula is C23H31N5O3. The number of benzene rings is 1. The fourth-order valence-electron chi connectivity index (χ4n) is 5.18. The molecule has 166 valence electrons. The van der Waals surface area contributed by atoms with Gasteiger partial charge in [-0.05, 0) is 37.2 Å². The van der Waals surface area contributed by atoms with Crippen molar-refractivity contribution < 1.29 is 4.79 Å². The summed E-state index contributed by atoms with van der Waals surface area (Å²) in [4.78, 5) is 44.1. The molecule has 1 saturated heterocycles. The maximum atomic E-state index is 13.2. The van der Waals surface area contributed by atoms with Crippen molar-refractivity contribution in [3.63, 3.8) is 0 Å². The number of rotatable bonds is 5. The average molecular weight is 426 g/mol. The number of fused-ring (bicyclic) bond motifs is 1. The predicted octanol–water partition coefficient (Wildman–Crippen LogP) is 1.78.